The number of fused-ring (bicyclic) bond motifs is 10. The summed E-state index contributed by atoms with van der Waals surface area (Å²) < 4.78 is 2.03. The Morgan fingerprint density at radius 1 is 0.921 bits per heavy atom. The molecule has 38 heavy (non-hydrogen) atoms. The molecule has 7 rings (SSSR count). The topological polar surface area (TPSA) is 105 Å². The SMILES string of the molecule is Cl.Cl.Cn1ccc2ccc3c4[nH]c5c(CCNC6CCC(N)CC6)cccc5c4c4c(c3c21)C(=O)NC4=O. The van der Waals surface area contributed by atoms with Crippen LogP contribution in [0.3, 0.4) is 0 Å². The molecule has 3 aromatic carbocycles. The predicted molar refractivity (Wildman–Crippen MR) is 158 cm³/mol. The molecule has 2 aliphatic rings. The first kappa shape index (κ1) is 26.5. The van der Waals surface area contributed by atoms with Crippen LogP contribution in [0.1, 0.15) is 52.0 Å². The van der Waals surface area contributed by atoms with Gasteiger partial charge in [0, 0.05) is 57.8 Å². The number of hydrogen-bond acceptors (Lipinski definition) is 4. The molecule has 198 valence electrons. The molecular formula is C29H31Cl2N5O2. The molecule has 0 saturated heterocycles. The van der Waals surface area contributed by atoms with Crippen molar-refractivity contribution < 1.29 is 9.59 Å². The Hall–Kier alpha value is -3.10. The number of H-pyrrole nitrogens is 1. The molecule has 5 aromatic rings. The van der Waals surface area contributed by atoms with Crippen LogP contribution in [0.5, 0.6) is 0 Å². The van der Waals surface area contributed by atoms with E-state index in [2.05, 4.69) is 45.9 Å². The molecule has 7 nitrogen and oxygen atoms in total. The Balaban J connectivity index is 0.00000147. The van der Waals surface area contributed by atoms with Gasteiger partial charge in [-0.1, -0.05) is 30.3 Å². The normalized spacial score (nSPS) is 19.1. The number of rotatable bonds is 4. The lowest BCUT2D eigenvalue weighted by Crippen LogP contribution is -2.38. The number of aryl methyl sites for hydroxylation is 1. The van der Waals surface area contributed by atoms with Gasteiger partial charge in [-0.05, 0) is 50.3 Å². The number of hydrogen-bond donors (Lipinski definition) is 4. The zero-order chi connectivity index (χ0) is 24.6. The number of aromatic nitrogens is 2. The van der Waals surface area contributed by atoms with Crippen molar-refractivity contribution in [3.63, 3.8) is 0 Å². The quantitative estimate of drug-likeness (QED) is 0.233. The van der Waals surface area contributed by atoms with Crippen molar-refractivity contribution in [2.24, 2.45) is 12.8 Å². The average Bonchev–Trinajstić information content (AvgIpc) is 3.54. The van der Waals surface area contributed by atoms with Crippen molar-refractivity contribution >= 4 is 80.1 Å². The second-order valence-electron chi connectivity index (χ2n) is 10.4. The summed E-state index contributed by atoms with van der Waals surface area (Å²) in [6.07, 6.45) is 7.30. The van der Waals surface area contributed by atoms with Crippen molar-refractivity contribution in [3.05, 3.63) is 59.3 Å². The van der Waals surface area contributed by atoms with E-state index in [1.54, 1.807) is 0 Å². The van der Waals surface area contributed by atoms with Gasteiger partial charge in [0.25, 0.3) is 11.8 Å². The Kier molecular flexibility index (Phi) is 6.90. The third-order valence-electron chi connectivity index (χ3n) is 8.26. The number of para-hydroxylation sites is 1. The van der Waals surface area contributed by atoms with Crippen molar-refractivity contribution in [3.8, 4) is 0 Å². The number of nitrogens with one attached hydrogen (secondary N) is 3. The molecule has 1 fully saturated rings. The monoisotopic (exact) mass is 551 g/mol. The first-order chi connectivity index (χ1) is 17.5. The van der Waals surface area contributed by atoms with E-state index in [0.29, 0.717) is 23.2 Å². The van der Waals surface area contributed by atoms with E-state index in [-0.39, 0.29) is 36.6 Å². The van der Waals surface area contributed by atoms with Gasteiger partial charge in [0.05, 0.1) is 22.2 Å². The number of amides is 2. The summed E-state index contributed by atoms with van der Waals surface area (Å²) in [7, 11) is 1.98. The van der Waals surface area contributed by atoms with E-state index in [0.717, 1.165) is 82.1 Å². The number of nitrogens with zero attached hydrogens (tertiary/aromatic N) is 1. The second kappa shape index (κ2) is 9.89. The van der Waals surface area contributed by atoms with Gasteiger partial charge < -0.3 is 20.6 Å². The van der Waals surface area contributed by atoms with E-state index >= 15 is 0 Å². The van der Waals surface area contributed by atoms with Crippen molar-refractivity contribution in [2.45, 2.75) is 44.2 Å². The predicted octanol–water partition coefficient (Wildman–Crippen LogP) is 5.10. The van der Waals surface area contributed by atoms with Gasteiger partial charge in [-0.3, -0.25) is 14.9 Å². The van der Waals surface area contributed by atoms with E-state index in [1.165, 1.54) is 5.56 Å². The number of imide groups is 1. The Morgan fingerprint density at radius 3 is 2.39 bits per heavy atom. The van der Waals surface area contributed by atoms with Crippen LogP contribution in [-0.4, -0.2) is 40.0 Å². The van der Waals surface area contributed by atoms with Crippen LogP contribution >= 0.6 is 24.8 Å². The molecule has 1 aliphatic carbocycles. The van der Waals surface area contributed by atoms with Crippen LogP contribution in [0, 0.1) is 0 Å². The lowest BCUT2D eigenvalue weighted by molar-refractivity contribution is 0.0880. The third-order valence-corrected chi connectivity index (χ3v) is 8.26. The highest BCUT2D eigenvalue weighted by Gasteiger charge is 2.34. The fraction of sp³-hybridized carbons (Fsp3) is 0.310. The highest BCUT2D eigenvalue weighted by Crippen LogP contribution is 2.42. The summed E-state index contributed by atoms with van der Waals surface area (Å²) in [5.74, 6) is -0.644. The summed E-state index contributed by atoms with van der Waals surface area (Å²) in [4.78, 5) is 29.9. The molecule has 3 heterocycles. The van der Waals surface area contributed by atoms with Crippen LogP contribution in [0.25, 0.3) is 43.5 Å². The average molecular weight is 553 g/mol. The number of carbonyl (C=O) groups is 2. The maximum Gasteiger partial charge on any atom is 0.259 e. The highest BCUT2D eigenvalue weighted by atomic mass is 35.5. The molecule has 0 spiro atoms. The number of carbonyl (C=O) groups excluding carboxylic acids is 2. The fourth-order valence-corrected chi connectivity index (χ4v) is 6.46. The summed E-state index contributed by atoms with van der Waals surface area (Å²) in [5, 5.41) is 10.9. The van der Waals surface area contributed by atoms with Crippen LogP contribution in [0.4, 0.5) is 0 Å². The summed E-state index contributed by atoms with van der Waals surface area (Å²) in [5.41, 5.74) is 11.1. The second-order valence-corrected chi connectivity index (χ2v) is 10.4. The highest BCUT2D eigenvalue weighted by molar-refractivity contribution is 6.39. The number of aromatic amines is 1. The van der Waals surface area contributed by atoms with Crippen molar-refractivity contribution in [1.82, 2.24) is 20.2 Å². The van der Waals surface area contributed by atoms with E-state index in [1.807, 2.05) is 23.9 Å². The summed E-state index contributed by atoms with van der Waals surface area (Å²) in [6, 6.07) is 13.3. The van der Waals surface area contributed by atoms with Crippen LogP contribution < -0.4 is 16.4 Å². The van der Waals surface area contributed by atoms with Crippen LogP contribution in [-0.2, 0) is 13.5 Å². The Morgan fingerprint density at radius 2 is 1.63 bits per heavy atom. The lowest BCUT2D eigenvalue weighted by Gasteiger charge is -2.27. The molecule has 0 bridgehead atoms. The third kappa shape index (κ3) is 3.88. The molecule has 0 unspecified atom stereocenters. The zero-order valence-electron chi connectivity index (χ0n) is 21.1. The minimum Gasteiger partial charge on any atom is -0.354 e. The van der Waals surface area contributed by atoms with Gasteiger partial charge in [-0.2, -0.15) is 0 Å². The van der Waals surface area contributed by atoms with E-state index in [4.69, 9.17) is 5.73 Å². The first-order valence-electron chi connectivity index (χ1n) is 12.8. The molecule has 2 aromatic heterocycles. The molecular weight excluding hydrogens is 521 g/mol. The molecule has 9 heteroatoms. The Bertz CT molecular complexity index is 1730. The minimum atomic E-state index is -0.323. The smallest absolute Gasteiger partial charge is 0.259 e. The molecule has 1 aliphatic heterocycles. The van der Waals surface area contributed by atoms with E-state index < -0.39 is 0 Å². The van der Waals surface area contributed by atoms with Crippen LogP contribution in [0.2, 0.25) is 0 Å². The summed E-state index contributed by atoms with van der Waals surface area (Å²) in [6.45, 7) is 0.885. The van der Waals surface area contributed by atoms with Gasteiger partial charge in [0.2, 0.25) is 0 Å². The van der Waals surface area contributed by atoms with Crippen LogP contribution in [0.15, 0.2) is 42.6 Å². The van der Waals surface area contributed by atoms with Crippen molar-refractivity contribution in [2.75, 3.05) is 6.54 Å². The maximum atomic E-state index is 13.1. The number of nitrogens with two attached hydrogens (primary N) is 1. The standard InChI is InChI=1S/C29H29N5O2.2ClH/c1-34-14-12-16-5-10-20-22(27(16)34)24-23(28(35)33-29(24)36)21-19-4-2-3-15(25(19)32-26(20)21)11-13-31-18-8-6-17(30)7-9-18;;/h2-5,10,12,14,17-18,31-32H,6-9,11,13,30H2,1H3,(H,33,35,36);2*1H. The van der Waals surface area contributed by atoms with Gasteiger partial charge >= 0.3 is 0 Å². The molecule has 0 radical (unpaired) electrons. The van der Waals surface area contributed by atoms with Gasteiger partial charge in [-0.25, -0.2) is 0 Å². The largest absolute Gasteiger partial charge is 0.354 e. The van der Waals surface area contributed by atoms with E-state index in [9.17, 15) is 9.59 Å². The Labute approximate surface area is 232 Å². The molecule has 5 N–H and O–H groups in total. The lowest BCUT2D eigenvalue weighted by atomic mass is 9.91. The fourth-order valence-electron chi connectivity index (χ4n) is 6.46. The number of halogens is 2. The maximum absolute atomic E-state index is 13.1. The van der Waals surface area contributed by atoms with Gasteiger partial charge in [-0.15, -0.1) is 24.8 Å². The number of benzene rings is 3. The van der Waals surface area contributed by atoms with Gasteiger partial charge in [0.1, 0.15) is 0 Å². The molecule has 1 saturated carbocycles. The first-order valence-corrected chi connectivity index (χ1v) is 12.8. The summed E-state index contributed by atoms with van der Waals surface area (Å²) >= 11 is 0. The minimum absolute atomic E-state index is 0. The van der Waals surface area contributed by atoms with Crippen molar-refractivity contribution in [1.29, 1.82) is 0 Å². The molecule has 0 atom stereocenters. The van der Waals surface area contributed by atoms with Gasteiger partial charge in [0.15, 0.2) is 0 Å². The molecule has 2 amide bonds. The zero-order valence-corrected chi connectivity index (χ0v) is 22.7.